The van der Waals surface area contributed by atoms with Gasteiger partial charge in [-0.25, -0.2) is 9.97 Å². The van der Waals surface area contributed by atoms with Crippen molar-refractivity contribution in [2.45, 2.75) is 37.4 Å². The minimum absolute atomic E-state index is 0.327. The van der Waals surface area contributed by atoms with Gasteiger partial charge in [0.15, 0.2) is 5.82 Å². The molecule has 27 heavy (non-hydrogen) atoms. The van der Waals surface area contributed by atoms with Gasteiger partial charge in [0.25, 0.3) is 0 Å². The third-order valence-corrected chi connectivity index (χ3v) is 5.63. The van der Waals surface area contributed by atoms with E-state index in [1.54, 1.807) is 7.11 Å². The molecule has 0 radical (unpaired) electrons. The average Bonchev–Trinajstić information content (AvgIpc) is 3.24. The molecule has 2 aliphatic rings. The number of aliphatic hydroxyl groups is 1. The Morgan fingerprint density at radius 1 is 1.22 bits per heavy atom. The Hall–Kier alpha value is -2.02. The number of anilines is 1. The highest BCUT2D eigenvalue weighted by Gasteiger charge is 2.34. The van der Waals surface area contributed by atoms with E-state index in [1.807, 2.05) is 30.3 Å². The van der Waals surface area contributed by atoms with Crippen LogP contribution in [0.2, 0.25) is 0 Å². The summed E-state index contributed by atoms with van der Waals surface area (Å²) in [6.45, 7) is 3.43. The Morgan fingerprint density at radius 3 is 2.67 bits per heavy atom. The zero-order valence-corrected chi connectivity index (χ0v) is 15.8. The average molecular weight is 369 g/mol. The second-order valence-electron chi connectivity index (χ2n) is 7.45. The normalized spacial score (nSPS) is 22.1. The minimum atomic E-state index is -0.762. The summed E-state index contributed by atoms with van der Waals surface area (Å²) in [5, 5.41) is 11.1. The summed E-state index contributed by atoms with van der Waals surface area (Å²) in [5.41, 5.74) is 1.27. The smallest absolute Gasteiger partial charge is 0.156 e. The molecule has 3 heterocycles. The number of rotatable bonds is 5. The van der Waals surface area contributed by atoms with Gasteiger partial charge in [-0.3, -0.25) is 0 Å². The highest BCUT2D eigenvalue weighted by molar-refractivity contribution is 5.42. The number of methoxy groups -OCH3 is 1. The van der Waals surface area contributed by atoms with Crippen molar-refractivity contribution < 1.29 is 14.6 Å². The molecule has 2 aromatic rings. The highest BCUT2D eigenvalue weighted by atomic mass is 16.5. The Labute approximate surface area is 160 Å². The molecule has 0 amide bonds. The zero-order valence-electron chi connectivity index (χ0n) is 15.8. The van der Waals surface area contributed by atoms with Crippen LogP contribution in [0.25, 0.3) is 0 Å². The molecule has 144 valence electrons. The van der Waals surface area contributed by atoms with Crippen LogP contribution in [-0.2, 0) is 21.7 Å². The van der Waals surface area contributed by atoms with Crippen LogP contribution < -0.4 is 4.90 Å². The van der Waals surface area contributed by atoms with Crippen LogP contribution in [0, 0.1) is 0 Å². The van der Waals surface area contributed by atoms with Crippen molar-refractivity contribution in [3.05, 3.63) is 53.5 Å². The maximum atomic E-state index is 11.1. The lowest BCUT2D eigenvalue weighted by Gasteiger charge is -2.39. The molecular weight excluding hydrogens is 342 g/mol. The van der Waals surface area contributed by atoms with E-state index in [2.05, 4.69) is 16.0 Å². The molecule has 0 saturated carbocycles. The first-order valence-electron chi connectivity index (χ1n) is 9.65. The number of hydrogen-bond donors (Lipinski definition) is 1. The second kappa shape index (κ2) is 7.92. The number of hydrogen-bond acceptors (Lipinski definition) is 6. The van der Waals surface area contributed by atoms with E-state index in [9.17, 15) is 5.11 Å². The van der Waals surface area contributed by atoms with Crippen molar-refractivity contribution in [1.82, 2.24) is 9.97 Å². The first-order chi connectivity index (χ1) is 13.2. The molecule has 4 rings (SSSR count). The van der Waals surface area contributed by atoms with E-state index in [1.165, 1.54) is 0 Å². The van der Waals surface area contributed by atoms with Gasteiger partial charge in [-0.2, -0.15) is 0 Å². The summed E-state index contributed by atoms with van der Waals surface area (Å²) >= 11 is 0. The topological polar surface area (TPSA) is 67.7 Å². The fourth-order valence-corrected chi connectivity index (χ4v) is 3.98. The second-order valence-corrected chi connectivity index (χ2v) is 7.45. The summed E-state index contributed by atoms with van der Waals surface area (Å²) in [4.78, 5) is 11.6. The van der Waals surface area contributed by atoms with Gasteiger partial charge in [0.2, 0.25) is 0 Å². The van der Waals surface area contributed by atoms with Crippen molar-refractivity contribution in [2.75, 3.05) is 38.3 Å². The van der Waals surface area contributed by atoms with Crippen LogP contribution in [0.3, 0.4) is 0 Å². The van der Waals surface area contributed by atoms with Gasteiger partial charge in [0.05, 0.1) is 17.9 Å². The summed E-state index contributed by atoms with van der Waals surface area (Å²) in [5.74, 6) is 1.96. The van der Waals surface area contributed by atoms with Crippen molar-refractivity contribution in [1.29, 1.82) is 0 Å². The molecule has 2 fully saturated rings. The molecule has 1 atom stereocenters. The molecule has 1 N–H and O–H groups in total. The van der Waals surface area contributed by atoms with Crippen molar-refractivity contribution in [3.8, 4) is 0 Å². The first-order valence-corrected chi connectivity index (χ1v) is 9.65. The Bertz CT molecular complexity index is 755. The Morgan fingerprint density at radius 2 is 2.00 bits per heavy atom. The predicted octanol–water partition coefficient (Wildman–Crippen LogP) is 2.61. The molecule has 6 nitrogen and oxygen atoms in total. The minimum Gasteiger partial charge on any atom is -0.385 e. The first kappa shape index (κ1) is 18.3. The molecule has 2 aliphatic heterocycles. The molecule has 0 spiro atoms. The van der Waals surface area contributed by atoms with Gasteiger partial charge in [0, 0.05) is 38.8 Å². The Kier molecular flexibility index (Phi) is 5.38. The van der Waals surface area contributed by atoms with Crippen LogP contribution in [-0.4, -0.2) is 48.5 Å². The van der Waals surface area contributed by atoms with Crippen molar-refractivity contribution in [2.24, 2.45) is 0 Å². The van der Waals surface area contributed by atoms with Gasteiger partial charge in [-0.15, -0.1) is 0 Å². The maximum absolute atomic E-state index is 11.1. The molecule has 1 aromatic carbocycles. The van der Waals surface area contributed by atoms with E-state index in [4.69, 9.17) is 14.5 Å². The maximum Gasteiger partial charge on any atom is 0.156 e. The molecule has 1 aromatic heterocycles. The van der Waals surface area contributed by atoms with Gasteiger partial charge in [0.1, 0.15) is 12.4 Å². The van der Waals surface area contributed by atoms with Crippen LogP contribution in [0.4, 0.5) is 5.82 Å². The molecule has 0 bridgehead atoms. The van der Waals surface area contributed by atoms with E-state index in [-0.39, 0.29) is 0 Å². The summed E-state index contributed by atoms with van der Waals surface area (Å²) in [6, 6.07) is 12.1. The van der Waals surface area contributed by atoms with Crippen LogP contribution in [0.1, 0.15) is 42.3 Å². The third kappa shape index (κ3) is 3.98. The van der Waals surface area contributed by atoms with Gasteiger partial charge < -0.3 is 19.5 Å². The number of nitrogens with zero attached hydrogens (tertiary/aromatic N) is 3. The lowest BCUT2D eigenvalue weighted by Crippen LogP contribution is -2.43. The summed E-state index contributed by atoms with van der Waals surface area (Å²) in [6.07, 6.45) is 2.36. The van der Waals surface area contributed by atoms with Gasteiger partial charge in [-0.1, -0.05) is 30.3 Å². The highest BCUT2D eigenvalue weighted by Crippen LogP contribution is 2.35. The number of aromatic nitrogens is 2. The predicted molar refractivity (Wildman–Crippen MR) is 103 cm³/mol. The van der Waals surface area contributed by atoms with Crippen molar-refractivity contribution in [3.63, 3.8) is 0 Å². The van der Waals surface area contributed by atoms with E-state index >= 15 is 0 Å². The van der Waals surface area contributed by atoms with E-state index in [0.29, 0.717) is 31.2 Å². The molecule has 2 saturated heterocycles. The quantitative estimate of drug-likeness (QED) is 0.874. The van der Waals surface area contributed by atoms with Gasteiger partial charge >= 0.3 is 0 Å². The number of benzene rings is 1. The fourth-order valence-electron chi connectivity index (χ4n) is 3.98. The van der Waals surface area contributed by atoms with Crippen molar-refractivity contribution >= 4 is 5.82 Å². The lowest BCUT2D eigenvalue weighted by molar-refractivity contribution is 0.0116. The zero-order chi connectivity index (χ0) is 18.7. The largest absolute Gasteiger partial charge is 0.385 e. The molecule has 0 unspecified atom stereocenters. The number of ether oxygens (including phenoxy) is 2. The lowest BCUT2D eigenvalue weighted by atomic mass is 9.84. The van der Waals surface area contributed by atoms with Crippen LogP contribution >= 0.6 is 0 Å². The monoisotopic (exact) mass is 369 g/mol. The number of piperidine rings is 1. The van der Waals surface area contributed by atoms with E-state index < -0.39 is 5.60 Å². The summed E-state index contributed by atoms with van der Waals surface area (Å²) in [7, 11) is 1.66. The van der Waals surface area contributed by atoms with Crippen LogP contribution in [0.15, 0.2) is 36.4 Å². The fraction of sp³-hybridized carbons (Fsp3) is 0.524. The SMILES string of the molecule is COCc1nc([C@H]2CCOC2)cc(N2CCC(O)(c3ccccc3)CC2)n1. The molecular formula is C21H27N3O3. The van der Waals surface area contributed by atoms with Crippen LogP contribution in [0.5, 0.6) is 0 Å². The summed E-state index contributed by atoms with van der Waals surface area (Å²) < 4.78 is 10.8. The standard InChI is InChI=1S/C21H27N3O3/c1-26-15-19-22-18(16-7-12-27-14-16)13-20(23-19)24-10-8-21(25,9-11-24)17-5-3-2-4-6-17/h2-6,13,16,25H,7-12,14-15H2,1H3/t16-/m0/s1. The van der Waals surface area contributed by atoms with Gasteiger partial charge in [-0.05, 0) is 24.8 Å². The molecule has 0 aliphatic carbocycles. The molecule has 6 heteroatoms. The van der Waals surface area contributed by atoms with E-state index in [0.717, 1.165) is 49.8 Å². The third-order valence-electron chi connectivity index (χ3n) is 5.63. The Balaban J connectivity index is 1.53.